The molecule has 4 N–H and O–H groups in total. The second-order valence-electron chi connectivity index (χ2n) is 10.7. The SMILES string of the molecule is CCC(=O)NC1CCC2C(C1)NC(c1ccccc1)NC2C1CCN(CC2CCCNC2)[N+]1=O. The highest BCUT2D eigenvalue weighted by Crippen LogP contribution is 2.37. The minimum Gasteiger partial charge on any atom is -0.353 e. The van der Waals surface area contributed by atoms with Gasteiger partial charge < -0.3 is 10.6 Å². The van der Waals surface area contributed by atoms with Crippen LogP contribution in [0.2, 0.25) is 0 Å². The quantitative estimate of drug-likeness (QED) is 0.477. The van der Waals surface area contributed by atoms with E-state index < -0.39 is 0 Å². The number of amides is 1. The van der Waals surface area contributed by atoms with Crippen molar-refractivity contribution in [2.75, 3.05) is 26.2 Å². The number of hydrogen-bond acceptors (Lipinski definition) is 5. The molecule has 4 fully saturated rings. The maximum atomic E-state index is 13.5. The van der Waals surface area contributed by atoms with Gasteiger partial charge in [0.05, 0.1) is 30.2 Å². The highest BCUT2D eigenvalue weighted by atomic mass is 16.3. The standard InChI is InChI=1S/C26H40N6O2/c1-2-24(33)28-20-10-11-21-22(15-20)29-26(19-8-4-3-5-9-19)30-25(21)23-12-14-31(32(23)34)17-18-7-6-13-27-16-18/h3-5,8-9,18,20-23,25-27,29-30H,2,6-7,10-17H2,1H3/p+1. The molecular weight excluding hydrogens is 428 g/mol. The van der Waals surface area contributed by atoms with Gasteiger partial charge in [-0.05, 0) is 62.6 Å². The summed E-state index contributed by atoms with van der Waals surface area (Å²) in [5.41, 5.74) is 1.20. The molecule has 3 aliphatic heterocycles. The Morgan fingerprint density at radius 1 is 1.15 bits per heavy atom. The molecule has 1 aromatic carbocycles. The molecule has 4 aliphatic rings. The summed E-state index contributed by atoms with van der Waals surface area (Å²) >= 11 is 0. The fourth-order valence-corrected chi connectivity index (χ4v) is 6.66. The molecular formula is C26H41N6O2+. The molecule has 0 radical (unpaired) electrons. The number of carbonyl (C=O) groups is 1. The molecule has 1 aromatic rings. The van der Waals surface area contributed by atoms with Crippen molar-refractivity contribution >= 4 is 5.91 Å². The average Bonchev–Trinajstić information content (AvgIpc) is 3.23. The van der Waals surface area contributed by atoms with Gasteiger partial charge in [0, 0.05) is 24.9 Å². The first-order valence-corrected chi connectivity index (χ1v) is 13.4. The van der Waals surface area contributed by atoms with E-state index in [4.69, 9.17) is 0 Å². The lowest BCUT2D eigenvalue weighted by Crippen LogP contribution is -2.66. The lowest BCUT2D eigenvalue weighted by Gasteiger charge is -2.48. The molecule has 186 valence electrons. The topological polar surface area (TPSA) is 88.5 Å². The summed E-state index contributed by atoms with van der Waals surface area (Å²) in [4.78, 5) is 26.9. The lowest BCUT2D eigenvalue weighted by atomic mass is 9.73. The van der Waals surface area contributed by atoms with Gasteiger partial charge in [-0.2, -0.15) is 0 Å². The van der Waals surface area contributed by atoms with Gasteiger partial charge in [-0.1, -0.05) is 37.3 Å². The van der Waals surface area contributed by atoms with Gasteiger partial charge in [0.2, 0.25) is 5.91 Å². The molecule has 0 spiro atoms. The van der Waals surface area contributed by atoms with Crippen LogP contribution in [-0.4, -0.2) is 66.1 Å². The largest absolute Gasteiger partial charge is 0.353 e. The Bertz CT molecular complexity index is 845. The second-order valence-corrected chi connectivity index (χ2v) is 10.7. The van der Waals surface area contributed by atoms with Crippen molar-refractivity contribution in [3.8, 4) is 0 Å². The predicted octanol–water partition coefficient (Wildman–Crippen LogP) is 2.08. The third-order valence-corrected chi connectivity index (χ3v) is 8.45. The minimum absolute atomic E-state index is 0.0121. The number of nitroso groups, excluding NO2 is 1. The van der Waals surface area contributed by atoms with Crippen LogP contribution >= 0.6 is 0 Å². The van der Waals surface area contributed by atoms with Gasteiger partial charge in [-0.3, -0.25) is 15.4 Å². The third-order valence-electron chi connectivity index (χ3n) is 8.45. The molecule has 34 heavy (non-hydrogen) atoms. The highest BCUT2D eigenvalue weighted by molar-refractivity contribution is 5.75. The van der Waals surface area contributed by atoms with Crippen LogP contribution in [0.15, 0.2) is 30.3 Å². The van der Waals surface area contributed by atoms with E-state index in [-0.39, 0.29) is 36.2 Å². The number of rotatable bonds is 6. The number of nitrogens with zero attached hydrogens (tertiary/aromatic N) is 2. The molecule has 0 aromatic heterocycles. The van der Waals surface area contributed by atoms with Crippen LogP contribution in [0.3, 0.4) is 0 Å². The van der Waals surface area contributed by atoms with E-state index in [1.807, 2.05) is 13.0 Å². The second kappa shape index (κ2) is 10.7. The van der Waals surface area contributed by atoms with Crippen LogP contribution in [0.1, 0.15) is 63.6 Å². The van der Waals surface area contributed by atoms with Crippen molar-refractivity contribution in [1.82, 2.24) is 26.3 Å². The van der Waals surface area contributed by atoms with Crippen LogP contribution < -0.4 is 21.3 Å². The Balaban J connectivity index is 1.31. The average molecular weight is 470 g/mol. The lowest BCUT2D eigenvalue weighted by molar-refractivity contribution is -0.715. The highest BCUT2D eigenvalue weighted by Gasteiger charge is 2.53. The van der Waals surface area contributed by atoms with Crippen molar-refractivity contribution in [3.05, 3.63) is 40.8 Å². The molecule has 8 heteroatoms. The molecule has 1 aliphatic carbocycles. The van der Waals surface area contributed by atoms with Crippen LogP contribution in [0.5, 0.6) is 0 Å². The Morgan fingerprint density at radius 3 is 2.76 bits per heavy atom. The van der Waals surface area contributed by atoms with Crippen LogP contribution in [0.25, 0.3) is 0 Å². The molecule has 0 bridgehead atoms. The van der Waals surface area contributed by atoms with Gasteiger partial charge in [0.25, 0.3) is 6.04 Å². The fraction of sp³-hybridized carbons (Fsp3) is 0.731. The molecule has 7 unspecified atom stereocenters. The van der Waals surface area contributed by atoms with E-state index in [0.29, 0.717) is 18.3 Å². The van der Waals surface area contributed by atoms with Crippen LogP contribution in [-0.2, 0) is 4.79 Å². The number of nitrogens with one attached hydrogen (secondary N) is 4. The zero-order valence-electron chi connectivity index (χ0n) is 20.4. The number of hydrazine groups is 1. The van der Waals surface area contributed by atoms with Gasteiger partial charge in [0.15, 0.2) is 0 Å². The van der Waals surface area contributed by atoms with Crippen LogP contribution in [0, 0.1) is 16.7 Å². The van der Waals surface area contributed by atoms with E-state index >= 15 is 0 Å². The summed E-state index contributed by atoms with van der Waals surface area (Å²) in [6.07, 6.45) is 6.76. The summed E-state index contributed by atoms with van der Waals surface area (Å²) in [6, 6.07) is 11.0. The minimum atomic E-state index is -0.0425. The molecule has 7 atom stereocenters. The Hall–Kier alpha value is -2.03. The zero-order chi connectivity index (χ0) is 23.5. The van der Waals surface area contributed by atoms with E-state index in [1.54, 1.807) is 0 Å². The van der Waals surface area contributed by atoms with Gasteiger partial charge in [0.1, 0.15) is 4.87 Å². The zero-order valence-corrected chi connectivity index (χ0v) is 20.4. The van der Waals surface area contributed by atoms with Crippen molar-refractivity contribution in [2.45, 2.75) is 82.2 Å². The third kappa shape index (κ3) is 5.14. The number of carbonyl (C=O) groups excluding carboxylic acids is 1. The summed E-state index contributed by atoms with van der Waals surface area (Å²) < 4.78 is 0. The van der Waals surface area contributed by atoms with Crippen molar-refractivity contribution in [3.63, 3.8) is 0 Å². The Morgan fingerprint density at radius 2 is 2.00 bits per heavy atom. The number of benzene rings is 1. The Kier molecular flexibility index (Phi) is 7.46. The Labute approximate surface area is 203 Å². The molecule has 1 saturated carbocycles. The number of hydrogen-bond donors (Lipinski definition) is 4. The van der Waals surface area contributed by atoms with E-state index in [9.17, 15) is 9.70 Å². The molecule has 8 nitrogen and oxygen atoms in total. The smallest absolute Gasteiger partial charge is 0.251 e. The fourth-order valence-electron chi connectivity index (χ4n) is 6.66. The first kappa shape index (κ1) is 23.7. The first-order chi connectivity index (χ1) is 16.6. The molecule has 1 amide bonds. The maximum Gasteiger partial charge on any atom is 0.251 e. The van der Waals surface area contributed by atoms with Gasteiger partial charge in [-0.25, -0.2) is 0 Å². The number of fused-ring (bicyclic) bond motifs is 1. The summed E-state index contributed by atoms with van der Waals surface area (Å²) in [6.45, 7) is 5.73. The molecule has 3 saturated heterocycles. The van der Waals surface area contributed by atoms with E-state index in [1.165, 1.54) is 23.3 Å². The van der Waals surface area contributed by atoms with Crippen LogP contribution in [0.4, 0.5) is 0 Å². The summed E-state index contributed by atoms with van der Waals surface area (Å²) in [5, 5.41) is 16.4. The summed E-state index contributed by atoms with van der Waals surface area (Å²) in [5.74, 6) is 1.07. The summed E-state index contributed by atoms with van der Waals surface area (Å²) in [7, 11) is 0. The van der Waals surface area contributed by atoms with Crippen molar-refractivity contribution in [2.24, 2.45) is 11.8 Å². The maximum absolute atomic E-state index is 13.5. The number of piperidine rings is 1. The predicted molar refractivity (Wildman–Crippen MR) is 132 cm³/mol. The van der Waals surface area contributed by atoms with Crippen molar-refractivity contribution in [1.29, 1.82) is 0 Å². The van der Waals surface area contributed by atoms with E-state index in [0.717, 1.165) is 51.9 Å². The monoisotopic (exact) mass is 469 g/mol. The van der Waals surface area contributed by atoms with Gasteiger partial charge >= 0.3 is 0 Å². The first-order valence-electron chi connectivity index (χ1n) is 13.4. The van der Waals surface area contributed by atoms with Gasteiger partial charge in [-0.15, -0.1) is 5.01 Å². The normalized spacial score (nSPS) is 36.2. The molecule has 5 rings (SSSR count). The molecule has 3 heterocycles. The van der Waals surface area contributed by atoms with Crippen molar-refractivity contribution < 1.29 is 9.66 Å². The van der Waals surface area contributed by atoms with E-state index in [2.05, 4.69) is 50.5 Å².